The third-order valence-electron chi connectivity index (χ3n) is 3.71. The van der Waals surface area contributed by atoms with Crippen molar-refractivity contribution in [3.8, 4) is 0 Å². The molecule has 1 N–H and O–H groups in total. The highest BCUT2D eigenvalue weighted by molar-refractivity contribution is 7.09. The van der Waals surface area contributed by atoms with Gasteiger partial charge in [0.15, 0.2) is 0 Å². The lowest BCUT2D eigenvalue weighted by molar-refractivity contribution is 0.208. The summed E-state index contributed by atoms with van der Waals surface area (Å²) in [5, 5.41) is 3.41. The van der Waals surface area contributed by atoms with Crippen LogP contribution in [0.15, 0.2) is 18.6 Å². The molecule has 1 fully saturated rings. The summed E-state index contributed by atoms with van der Waals surface area (Å²) in [6.45, 7) is 6.99. The summed E-state index contributed by atoms with van der Waals surface area (Å²) in [6.07, 6.45) is 5.90. The average molecular weight is 347 g/mol. The van der Waals surface area contributed by atoms with Crippen LogP contribution in [0, 0.1) is 5.92 Å². The quantitative estimate of drug-likeness (QED) is 0.909. The number of amides is 2. The lowest BCUT2D eigenvalue weighted by Crippen LogP contribution is -2.50. The highest BCUT2D eigenvalue weighted by atomic mass is 32.1. The van der Waals surface area contributed by atoms with Gasteiger partial charge in [0, 0.05) is 56.5 Å². The van der Waals surface area contributed by atoms with Crippen LogP contribution >= 0.6 is 11.5 Å². The second kappa shape index (κ2) is 7.52. The zero-order valence-electron chi connectivity index (χ0n) is 13.8. The van der Waals surface area contributed by atoms with E-state index in [1.807, 2.05) is 0 Å². The number of anilines is 2. The van der Waals surface area contributed by atoms with Gasteiger partial charge in [-0.25, -0.2) is 14.8 Å². The van der Waals surface area contributed by atoms with E-state index in [1.54, 1.807) is 23.5 Å². The van der Waals surface area contributed by atoms with E-state index in [1.165, 1.54) is 11.5 Å². The Morgan fingerprint density at radius 1 is 1.29 bits per heavy atom. The lowest BCUT2D eigenvalue weighted by atomic mass is 10.1. The number of nitrogens with one attached hydrogen (secondary N) is 1. The van der Waals surface area contributed by atoms with Crippen LogP contribution in [0.2, 0.25) is 0 Å². The number of carbonyl (C=O) groups is 1. The molecule has 1 aliphatic heterocycles. The van der Waals surface area contributed by atoms with Crippen LogP contribution in [0.5, 0.6) is 0 Å². The summed E-state index contributed by atoms with van der Waals surface area (Å²) in [7, 11) is 0. The SMILES string of the molecule is CC(C)Cc1nsc(NC(=O)N2CCN(c3cnccn3)CC2)n1. The van der Waals surface area contributed by atoms with Crippen molar-refractivity contribution >= 4 is 28.5 Å². The standard InChI is InChI=1S/C15H21N7OS/c1-11(2)9-12-18-14(24-20-12)19-15(23)22-7-5-21(6-8-22)13-10-16-3-4-17-13/h3-4,10-11H,5-9H2,1-2H3,(H,18,19,20,23). The number of piperazine rings is 1. The van der Waals surface area contributed by atoms with Crippen LogP contribution in [0.1, 0.15) is 19.7 Å². The normalized spacial score (nSPS) is 15.0. The number of urea groups is 1. The van der Waals surface area contributed by atoms with Gasteiger partial charge < -0.3 is 9.80 Å². The molecule has 3 heterocycles. The summed E-state index contributed by atoms with van der Waals surface area (Å²) in [4.78, 5) is 29.0. The minimum absolute atomic E-state index is 0.124. The van der Waals surface area contributed by atoms with Gasteiger partial charge in [-0.2, -0.15) is 4.37 Å². The van der Waals surface area contributed by atoms with Gasteiger partial charge in [0.1, 0.15) is 11.6 Å². The number of hydrogen-bond donors (Lipinski definition) is 1. The predicted molar refractivity (Wildman–Crippen MR) is 93.3 cm³/mol. The van der Waals surface area contributed by atoms with Crippen molar-refractivity contribution in [2.45, 2.75) is 20.3 Å². The summed E-state index contributed by atoms with van der Waals surface area (Å²) < 4.78 is 4.28. The molecule has 0 aliphatic carbocycles. The largest absolute Gasteiger partial charge is 0.352 e. The molecular weight excluding hydrogens is 326 g/mol. The molecular formula is C15H21N7OS. The Labute approximate surface area is 145 Å². The van der Waals surface area contributed by atoms with Gasteiger partial charge in [0.05, 0.1) is 6.20 Å². The van der Waals surface area contributed by atoms with Gasteiger partial charge >= 0.3 is 6.03 Å². The highest BCUT2D eigenvalue weighted by Gasteiger charge is 2.22. The molecule has 8 nitrogen and oxygen atoms in total. The number of nitrogens with zero attached hydrogens (tertiary/aromatic N) is 6. The maximum atomic E-state index is 12.3. The number of rotatable bonds is 4. The first kappa shape index (κ1) is 16.6. The third-order valence-corrected chi connectivity index (χ3v) is 4.38. The molecule has 0 spiro atoms. The monoisotopic (exact) mass is 347 g/mol. The van der Waals surface area contributed by atoms with E-state index in [4.69, 9.17) is 0 Å². The van der Waals surface area contributed by atoms with Crippen LogP contribution in [0.4, 0.5) is 15.7 Å². The Morgan fingerprint density at radius 3 is 2.75 bits per heavy atom. The van der Waals surface area contributed by atoms with Crippen molar-refractivity contribution in [1.29, 1.82) is 0 Å². The fraction of sp³-hybridized carbons (Fsp3) is 0.533. The minimum atomic E-state index is -0.124. The second-order valence-corrected chi connectivity index (χ2v) is 6.83. The Bertz CT molecular complexity index is 667. The summed E-state index contributed by atoms with van der Waals surface area (Å²) >= 11 is 1.23. The summed E-state index contributed by atoms with van der Waals surface area (Å²) in [6, 6.07) is -0.124. The molecule has 3 rings (SSSR count). The van der Waals surface area contributed by atoms with E-state index < -0.39 is 0 Å². The molecule has 2 aromatic heterocycles. The fourth-order valence-electron chi connectivity index (χ4n) is 2.52. The topological polar surface area (TPSA) is 87.1 Å². The van der Waals surface area contributed by atoms with Crippen molar-refractivity contribution in [2.75, 3.05) is 36.4 Å². The van der Waals surface area contributed by atoms with Crippen LogP contribution in [0.3, 0.4) is 0 Å². The maximum Gasteiger partial charge on any atom is 0.323 e. The number of aromatic nitrogens is 4. The van der Waals surface area contributed by atoms with E-state index in [2.05, 4.69) is 43.4 Å². The lowest BCUT2D eigenvalue weighted by Gasteiger charge is -2.34. The molecule has 128 valence electrons. The van der Waals surface area contributed by atoms with Crippen LogP contribution in [-0.2, 0) is 6.42 Å². The molecule has 2 aromatic rings. The molecule has 0 unspecified atom stereocenters. The van der Waals surface area contributed by atoms with E-state index in [0.717, 1.165) is 31.2 Å². The molecule has 0 aromatic carbocycles. The van der Waals surface area contributed by atoms with Crippen molar-refractivity contribution in [3.63, 3.8) is 0 Å². The minimum Gasteiger partial charge on any atom is -0.352 e. The Balaban J connectivity index is 1.51. The number of carbonyl (C=O) groups excluding carboxylic acids is 1. The van der Waals surface area contributed by atoms with Gasteiger partial charge in [0.2, 0.25) is 5.13 Å². The van der Waals surface area contributed by atoms with Crippen LogP contribution < -0.4 is 10.2 Å². The zero-order valence-corrected chi connectivity index (χ0v) is 14.7. The maximum absolute atomic E-state index is 12.3. The molecule has 0 bridgehead atoms. The van der Waals surface area contributed by atoms with Crippen molar-refractivity contribution < 1.29 is 4.79 Å². The molecule has 0 atom stereocenters. The van der Waals surface area contributed by atoms with E-state index in [9.17, 15) is 4.79 Å². The molecule has 2 amide bonds. The van der Waals surface area contributed by atoms with Crippen LogP contribution in [-0.4, -0.2) is 56.4 Å². The fourth-order valence-corrected chi connectivity index (χ4v) is 3.10. The smallest absolute Gasteiger partial charge is 0.323 e. The first-order chi connectivity index (χ1) is 11.6. The Kier molecular flexibility index (Phi) is 5.19. The molecule has 0 radical (unpaired) electrons. The van der Waals surface area contributed by atoms with E-state index in [0.29, 0.717) is 24.1 Å². The molecule has 1 aliphatic rings. The number of hydrogen-bond acceptors (Lipinski definition) is 7. The predicted octanol–water partition coefficient (Wildman–Crippen LogP) is 1.88. The van der Waals surface area contributed by atoms with E-state index >= 15 is 0 Å². The van der Waals surface area contributed by atoms with Gasteiger partial charge in [-0.3, -0.25) is 10.3 Å². The second-order valence-electron chi connectivity index (χ2n) is 6.08. The van der Waals surface area contributed by atoms with Crippen molar-refractivity contribution in [3.05, 3.63) is 24.4 Å². The van der Waals surface area contributed by atoms with Crippen molar-refractivity contribution in [2.24, 2.45) is 5.92 Å². The molecule has 9 heteroatoms. The first-order valence-electron chi connectivity index (χ1n) is 8.01. The van der Waals surface area contributed by atoms with Gasteiger partial charge in [-0.05, 0) is 5.92 Å². The molecule has 24 heavy (non-hydrogen) atoms. The summed E-state index contributed by atoms with van der Waals surface area (Å²) in [5.74, 6) is 2.13. The Morgan fingerprint density at radius 2 is 2.08 bits per heavy atom. The van der Waals surface area contributed by atoms with Gasteiger partial charge in [0.25, 0.3) is 0 Å². The highest BCUT2D eigenvalue weighted by Crippen LogP contribution is 2.16. The molecule has 0 saturated carbocycles. The van der Waals surface area contributed by atoms with Crippen LogP contribution in [0.25, 0.3) is 0 Å². The summed E-state index contributed by atoms with van der Waals surface area (Å²) in [5.41, 5.74) is 0. The Hall–Kier alpha value is -2.29. The van der Waals surface area contributed by atoms with Gasteiger partial charge in [-0.15, -0.1) is 0 Å². The zero-order chi connectivity index (χ0) is 16.9. The van der Waals surface area contributed by atoms with Gasteiger partial charge in [-0.1, -0.05) is 13.8 Å². The molecule has 1 saturated heterocycles. The third kappa shape index (κ3) is 4.16. The first-order valence-corrected chi connectivity index (χ1v) is 8.78. The average Bonchev–Trinajstić information content (AvgIpc) is 3.02. The van der Waals surface area contributed by atoms with E-state index in [-0.39, 0.29) is 6.03 Å². The van der Waals surface area contributed by atoms with Crippen molar-refractivity contribution in [1.82, 2.24) is 24.2 Å².